The topological polar surface area (TPSA) is 46.6 Å². The Kier molecular flexibility index (Phi) is 4.58. The predicted molar refractivity (Wildman–Crippen MR) is 74.3 cm³/mol. The molecule has 0 aliphatic carbocycles. The largest absolute Gasteiger partial charge is 0.451 e. The molecule has 0 atom stereocenters. The van der Waals surface area contributed by atoms with Gasteiger partial charge >= 0.3 is 5.97 Å². The van der Waals surface area contributed by atoms with Crippen molar-refractivity contribution >= 4 is 23.2 Å². The van der Waals surface area contributed by atoms with Gasteiger partial charge in [-0.15, -0.1) is 11.3 Å². The van der Waals surface area contributed by atoms with E-state index in [0.29, 0.717) is 10.8 Å². The van der Waals surface area contributed by atoms with Crippen LogP contribution in [0.2, 0.25) is 0 Å². The van der Waals surface area contributed by atoms with Gasteiger partial charge in [-0.3, -0.25) is 4.79 Å². The van der Waals surface area contributed by atoms with E-state index in [2.05, 4.69) is 6.92 Å². The van der Waals surface area contributed by atoms with Crippen molar-refractivity contribution in [3.05, 3.63) is 21.9 Å². The molecule has 0 unspecified atom stereocenters. The first-order valence-electron chi connectivity index (χ1n) is 6.57. The standard InChI is InChI=1S/C14H19NO3S/c1-10-3-6-15(7-4-10)12(16)9-18-14(17)13-11(2)5-8-19-13/h5,8,10H,3-4,6-7,9H2,1-2H3. The van der Waals surface area contributed by atoms with E-state index in [1.54, 1.807) is 4.90 Å². The van der Waals surface area contributed by atoms with E-state index >= 15 is 0 Å². The molecule has 2 heterocycles. The number of rotatable bonds is 3. The van der Waals surface area contributed by atoms with Gasteiger partial charge in [-0.05, 0) is 42.7 Å². The lowest BCUT2D eigenvalue weighted by atomic mass is 9.99. The number of carbonyl (C=O) groups is 2. The van der Waals surface area contributed by atoms with Crippen LogP contribution in [0.3, 0.4) is 0 Å². The van der Waals surface area contributed by atoms with Crippen LogP contribution in [0.25, 0.3) is 0 Å². The van der Waals surface area contributed by atoms with E-state index in [9.17, 15) is 9.59 Å². The smallest absolute Gasteiger partial charge is 0.349 e. The summed E-state index contributed by atoms with van der Waals surface area (Å²) in [6, 6.07) is 1.87. The van der Waals surface area contributed by atoms with Gasteiger partial charge in [0.2, 0.25) is 0 Å². The van der Waals surface area contributed by atoms with Crippen LogP contribution in [0, 0.1) is 12.8 Å². The van der Waals surface area contributed by atoms with Crippen LogP contribution in [0.4, 0.5) is 0 Å². The quantitative estimate of drug-likeness (QED) is 0.800. The fraction of sp³-hybridized carbons (Fsp3) is 0.571. The number of amides is 1. The summed E-state index contributed by atoms with van der Waals surface area (Å²) < 4.78 is 5.09. The molecule has 4 nitrogen and oxygen atoms in total. The molecule has 1 fully saturated rings. The highest BCUT2D eigenvalue weighted by Gasteiger charge is 2.22. The predicted octanol–water partition coefficient (Wildman–Crippen LogP) is 2.47. The minimum Gasteiger partial charge on any atom is -0.451 e. The number of carbonyl (C=O) groups excluding carboxylic acids is 2. The van der Waals surface area contributed by atoms with E-state index in [-0.39, 0.29) is 12.5 Å². The Bertz CT molecular complexity index is 461. The van der Waals surface area contributed by atoms with Gasteiger partial charge < -0.3 is 9.64 Å². The SMILES string of the molecule is Cc1ccsc1C(=O)OCC(=O)N1CCC(C)CC1. The Hall–Kier alpha value is -1.36. The second-order valence-corrected chi connectivity index (χ2v) is 5.99. The van der Waals surface area contributed by atoms with E-state index < -0.39 is 5.97 Å². The lowest BCUT2D eigenvalue weighted by molar-refractivity contribution is -0.135. The van der Waals surface area contributed by atoms with E-state index in [1.807, 2.05) is 18.4 Å². The van der Waals surface area contributed by atoms with Gasteiger partial charge in [0.1, 0.15) is 4.88 Å². The number of thiophene rings is 1. The lowest BCUT2D eigenvalue weighted by Crippen LogP contribution is -2.40. The van der Waals surface area contributed by atoms with Crippen molar-refractivity contribution in [1.29, 1.82) is 0 Å². The minimum atomic E-state index is -0.397. The summed E-state index contributed by atoms with van der Waals surface area (Å²) in [5.74, 6) is 0.195. The average molecular weight is 281 g/mol. The molecule has 1 aliphatic heterocycles. The zero-order valence-electron chi connectivity index (χ0n) is 11.3. The Morgan fingerprint density at radius 2 is 2.11 bits per heavy atom. The summed E-state index contributed by atoms with van der Waals surface area (Å²) >= 11 is 1.35. The van der Waals surface area contributed by atoms with Crippen molar-refractivity contribution in [2.75, 3.05) is 19.7 Å². The van der Waals surface area contributed by atoms with Crippen molar-refractivity contribution in [2.24, 2.45) is 5.92 Å². The van der Waals surface area contributed by atoms with Crippen LogP contribution in [0.1, 0.15) is 35.0 Å². The number of likely N-dealkylation sites (tertiary alicyclic amines) is 1. The number of hydrogen-bond acceptors (Lipinski definition) is 4. The van der Waals surface area contributed by atoms with E-state index in [0.717, 1.165) is 31.5 Å². The second-order valence-electron chi connectivity index (χ2n) is 5.07. The molecular formula is C14H19NO3S. The lowest BCUT2D eigenvalue weighted by Gasteiger charge is -2.30. The number of esters is 1. The molecule has 19 heavy (non-hydrogen) atoms. The van der Waals surface area contributed by atoms with E-state index in [4.69, 9.17) is 4.74 Å². The molecule has 104 valence electrons. The van der Waals surface area contributed by atoms with Crippen LogP contribution < -0.4 is 0 Å². The fourth-order valence-corrected chi connectivity index (χ4v) is 2.94. The van der Waals surface area contributed by atoms with Gasteiger partial charge in [-0.1, -0.05) is 6.92 Å². The summed E-state index contributed by atoms with van der Waals surface area (Å²) in [7, 11) is 0. The normalized spacial score (nSPS) is 16.4. The maximum Gasteiger partial charge on any atom is 0.349 e. The summed E-state index contributed by atoms with van der Waals surface area (Å²) in [6.07, 6.45) is 2.06. The molecule has 1 amide bonds. The molecule has 0 N–H and O–H groups in total. The summed E-state index contributed by atoms with van der Waals surface area (Å²) in [5.41, 5.74) is 0.897. The van der Waals surface area contributed by atoms with Gasteiger partial charge in [0, 0.05) is 13.1 Å². The third-order valence-corrected chi connectivity index (χ3v) is 4.51. The van der Waals surface area contributed by atoms with Crippen LogP contribution in [-0.2, 0) is 9.53 Å². The van der Waals surface area contributed by atoms with Crippen LogP contribution >= 0.6 is 11.3 Å². The number of ether oxygens (including phenoxy) is 1. The first-order chi connectivity index (χ1) is 9.08. The molecule has 0 saturated carbocycles. The van der Waals surface area contributed by atoms with Crippen molar-refractivity contribution in [1.82, 2.24) is 4.90 Å². The number of aryl methyl sites for hydroxylation is 1. The summed E-state index contributed by atoms with van der Waals surface area (Å²) in [5, 5.41) is 1.85. The zero-order chi connectivity index (χ0) is 13.8. The summed E-state index contributed by atoms with van der Waals surface area (Å²) in [6.45, 7) is 5.46. The van der Waals surface area contributed by atoms with Crippen molar-refractivity contribution in [3.63, 3.8) is 0 Å². The average Bonchev–Trinajstić information content (AvgIpc) is 2.83. The van der Waals surface area contributed by atoms with Gasteiger partial charge in [-0.2, -0.15) is 0 Å². The Labute approximate surface area is 117 Å². The monoisotopic (exact) mass is 281 g/mol. The van der Waals surface area contributed by atoms with Crippen LogP contribution in [0.5, 0.6) is 0 Å². The molecule has 0 radical (unpaired) electrons. The second kappa shape index (κ2) is 6.19. The Morgan fingerprint density at radius 3 is 2.68 bits per heavy atom. The molecule has 1 aromatic heterocycles. The molecule has 0 aromatic carbocycles. The van der Waals surface area contributed by atoms with E-state index in [1.165, 1.54) is 11.3 Å². The maximum absolute atomic E-state index is 11.9. The third kappa shape index (κ3) is 3.56. The highest BCUT2D eigenvalue weighted by Crippen LogP contribution is 2.18. The molecular weight excluding hydrogens is 262 g/mol. The maximum atomic E-state index is 11.9. The van der Waals surface area contributed by atoms with Crippen LogP contribution in [-0.4, -0.2) is 36.5 Å². The molecule has 1 aromatic rings. The summed E-state index contributed by atoms with van der Waals surface area (Å²) in [4.78, 5) is 26.1. The zero-order valence-corrected chi connectivity index (χ0v) is 12.2. The fourth-order valence-electron chi connectivity index (χ4n) is 2.12. The van der Waals surface area contributed by atoms with Gasteiger partial charge in [-0.25, -0.2) is 4.79 Å². The Balaban J connectivity index is 1.81. The highest BCUT2D eigenvalue weighted by atomic mass is 32.1. The molecule has 0 spiro atoms. The van der Waals surface area contributed by atoms with Gasteiger partial charge in [0.05, 0.1) is 0 Å². The Morgan fingerprint density at radius 1 is 1.42 bits per heavy atom. The highest BCUT2D eigenvalue weighted by molar-refractivity contribution is 7.12. The van der Waals surface area contributed by atoms with Gasteiger partial charge in [0.15, 0.2) is 6.61 Å². The molecule has 1 saturated heterocycles. The van der Waals surface area contributed by atoms with Crippen molar-refractivity contribution in [3.8, 4) is 0 Å². The number of piperidine rings is 1. The molecule has 0 bridgehead atoms. The molecule has 5 heteroatoms. The molecule has 2 rings (SSSR count). The molecule has 1 aliphatic rings. The van der Waals surface area contributed by atoms with Gasteiger partial charge in [0.25, 0.3) is 5.91 Å². The number of hydrogen-bond donors (Lipinski definition) is 0. The van der Waals surface area contributed by atoms with Crippen molar-refractivity contribution in [2.45, 2.75) is 26.7 Å². The first-order valence-corrected chi connectivity index (χ1v) is 7.45. The number of nitrogens with zero attached hydrogens (tertiary/aromatic N) is 1. The van der Waals surface area contributed by atoms with Crippen molar-refractivity contribution < 1.29 is 14.3 Å². The van der Waals surface area contributed by atoms with Crippen LogP contribution in [0.15, 0.2) is 11.4 Å². The third-order valence-electron chi connectivity index (χ3n) is 3.51. The minimum absolute atomic E-state index is 0.0885. The first kappa shape index (κ1) is 14.1.